The first-order valence-electron chi connectivity index (χ1n) is 10.6. The number of nitrogens with zero attached hydrogens (tertiary/aromatic N) is 2. The number of piperazine rings is 1. The molecule has 3 heterocycles. The average Bonchev–Trinajstić information content (AvgIpc) is 3.48. The van der Waals surface area contributed by atoms with Crippen molar-refractivity contribution in [3.8, 4) is 0 Å². The van der Waals surface area contributed by atoms with Crippen LogP contribution in [0.25, 0.3) is 0 Å². The van der Waals surface area contributed by atoms with Crippen molar-refractivity contribution in [1.29, 1.82) is 0 Å². The maximum atomic E-state index is 15.3. The summed E-state index contributed by atoms with van der Waals surface area (Å²) < 4.78 is 30.4. The van der Waals surface area contributed by atoms with E-state index in [1.165, 1.54) is 36.7 Å². The van der Waals surface area contributed by atoms with Crippen LogP contribution >= 0.6 is 0 Å². The largest absolute Gasteiger partial charge is 0.472 e. The van der Waals surface area contributed by atoms with E-state index in [0.29, 0.717) is 37.4 Å². The van der Waals surface area contributed by atoms with Crippen molar-refractivity contribution in [1.82, 2.24) is 15.1 Å². The number of carbonyl (C=O) groups excluding carboxylic acids is 3. The van der Waals surface area contributed by atoms with Gasteiger partial charge in [0.1, 0.15) is 25.5 Å². The second-order valence-corrected chi connectivity index (χ2v) is 7.97. The molecule has 1 aromatic carbocycles. The fourth-order valence-electron chi connectivity index (χ4n) is 4.20. The van der Waals surface area contributed by atoms with Crippen LogP contribution in [0.3, 0.4) is 0 Å². The van der Waals surface area contributed by atoms with Gasteiger partial charge in [0.15, 0.2) is 18.1 Å². The fourth-order valence-corrected chi connectivity index (χ4v) is 4.20. The fraction of sp³-hybridized carbons (Fsp3) is 0.409. The van der Waals surface area contributed by atoms with Gasteiger partial charge in [-0.3, -0.25) is 9.69 Å². The van der Waals surface area contributed by atoms with E-state index in [1.807, 2.05) is 0 Å². The van der Waals surface area contributed by atoms with Gasteiger partial charge >= 0.3 is 12.0 Å². The van der Waals surface area contributed by atoms with Crippen molar-refractivity contribution in [3.05, 3.63) is 48.2 Å². The van der Waals surface area contributed by atoms with Crippen LogP contribution in [0.5, 0.6) is 0 Å². The summed E-state index contributed by atoms with van der Waals surface area (Å²) in [6.45, 7) is 2.08. The Morgan fingerprint density at radius 1 is 1.30 bits per heavy atom. The Balaban J connectivity index is 1.47. The van der Waals surface area contributed by atoms with Crippen molar-refractivity contribution in [3.63, 3.8) is 0 Å². The number of nitrogens with one attached hydrogen (secondary N) is 2. The van der Waals surface area contributed by atoms with Gasteiger partial charge in [0.25, 0.3) is 5.91 Å². The first kappa shape index (κ1) is 22.9. The van der Waals surface area contributed by atoms with Crippen LogP contribution in [0.2, 0.25) is 0 Å². The Kier molecular flexibility index (Phi) is 6.72. The Labute approximate surface area is 189 Å². The van der Waals surface area contributed by atoms with E-state index >= 15 is 4.39 Å². The second kappa shape index (κ2) is 9.69. The summed E-state index contributed by atoms with van der Waals surface area (Å²) in [5, 5.41) is 5.86. The summed E-state index contributed by atoms with van der Waals surface area (Å²) in [4.78, 5) is 38.6. The van der Waals surface area contributed by atoms with Gasteiger partial charge in [-0.05, 0) is 12.1 Å². The quantitative estimate of drug-likeness (QED) is 0.598. The highest BCUT2D eigenvalue weighted by atomic mass is 19.1. The van der Waals surface area contributed by atoms with Gasteiger partial charge in [0, 0.05) is 32.3 Å². The van der Waals surface area contributed by atoms with Crippen LogP contribution in [-0.2, 0) is 14.3 Å². The van der Waals surface area contributed by atoms with Crippen LogP contribution in [0.15, 0.2) is 41.2 Å². The van der Waals surface area contributed by atoms with Crippen molar-refractivity contribution >= 4 is 29.3 Å². The Bertz CT molecular complexity index is 1020. The predicted molar refractivity (Wildman–Crippen MR) is 116 cm³/mol. The SMILES string of the molecule is COCC(=O)[N+]1(c2ccc(N3C[C@H](CNC(=O)c4ccoc4)OC3=O)cc2F)CCNCC1. The third-order valence-corrected chi connectivity index (χ3v) is 5.94. The van der Waals surface area contributed by atoms with E-state index in [4.69, 9.17) is 13.9 Å². The van der Waals surface area contributed by atoms with E-state index < -0.39 is 18.0 Å². The molecule has 11 heteroatoms. The second-order valence-electron chi connectivity index (χ2n) is 7.97. The monoisotopic (exact) mass is 461 g/mol. The zero-order chi connectivity index (χ0) is 23.4. The van der Waals surface area contributed by atoms with Gasteiger partial charge in [-0.25, -0.2) is 18.5 Å². The molecule has 2 fully saturated rings. The average molecular weight is 461 g/mol. The van der Waals surface area contributed by atoms with E-state index in [9.17, 15) is 14.4 Å². The van der Waals surface area contributed by atoms with Gasteiger partial charge in [-0.2, -0.15) is 0 Å². The zero-order valence-electron chi connectivity index (χ0n) is 18.2. The number of halogens is 1. The Morgan fingerprint density at radius 2 is 2.09 bits per heavy atom. The normalized spacial score (nSPS) is 19.9. The first-order valence-corrected chi connectivity index (χ1v) is 10.6. The number of anilines is 1. The number of hydrogen-bond donors (Lipinski definition) is 2. The van der Waals surface area contributed by atoms with Crippen molar-refractivity contribution in [2.75, 3.05) is 57.9 Å². The van der Waals surface area contributed by atoms with Gasteiger partial charge in [-0.15, -0.1) is 0 Å². The summed E-state index contributed by atoms with van der Waals surface area (Å²) in [5.74, 6) is -1.15. The number of furan rings is 1. The Hall–Kier alpha value is -3.28. The maximum absolute atomic E-state index is 15.3. The molecule has 0 saturated carbocycles. The number of ether oxygens (including phenoxy) is 2. The number of cyclic esters (lactones) is 1. The lowest BCUT2D eigenvalue weighted by Gasteiger charge is -2.38. The van der Waals surface area contributed by atoms with Gasteiger partial charge in [0.2, 0.25) is 0 Å². The summed E-state index contributed by atoms with van der Waals surface area (Å²) in [7, 11) is 1.43. The molecule has 0 bridgehead atoms. The molecule has 4 rings (SSSR count). The van der Waals surface area contributed by atoms with Crippen LogP contribution in [-0.4, -0.2) is 77.0 Å². The minimum Gasteiger partial charge on any atom is -0.472 e. The van der Waals surface area contributed by atoms with Crippen LogP contribution < -0.4 is 20.0 Å². The molecule has 3 amide bonds. The number of amides is 3. The molecule has 2 saturated heterocycles. The van der Waals surface area contributed by atoms with E-state index in [0.717, 1.165) is 0 Å². The highest BCUT2D eigenvalue weighted by Crippen LogP contribution is 2.32. The van der Waals surface area contributed by atoms with Gasteiger partial charge < -0.3 is 24.5 Å². The molecule has 10 nitrogen and oxygen atoms in total. The molecule has 33 heavy (non-hydrogen) atoms. The number of benzene rings is 1. The van der Waals surface area contributed by atoms with Crippen LogP contribution in [0, 0.1) is 5.82 Å². The third kappa shape index (κ3) is 4.61. The molecule has 0 radical (unpaired) electrons. The summed E-state index contributed by atoms with van der Waals surface area (Å²) in [6, 6.07) is 5.92. The summed E-state index contributed by atoms with van der Waals surface area (Å²) >= 11 is 0. The van der Waals surface area contributed by atoms with Gasteiger partial charge in [-0.1, -0.05) is 0 Å². The number of quaternary nitrogens is 1. The van der Waals surface area contributed by atoms with E-state index in [1.54, 1.807) is 12.1 Å². The highest BCUT2D eigenvalue weighted by molar-refractivity contribution is 5.94. The highest BCUT2D eigenvalue weighted by Gasteiger charge is 2.43. The minimum atomic E-state index is -0.633. The lowest BCUT2D eigenvalue weighted by molar-refractivity contribution is -0.135. The van der Waals surface area contributed by atoms with Crippen LogP contribution in [0.1, 0.15) is 10.4 Å². The number of methoxy groups -OCH3 is 1. The molecule has 2 aliphatic heterocycles. The topological polar surface area (TPSA) is 110 Å². The van der Waals surface area contributed by atoms with E-state index in [2.05, 4.69) is 10.6 Å². The molecule has 2 N–H and O–H groups in total. The van der Waals surface area contributed by atoms with E-state index in [-0.39, 0.29) is 41.7 Å². The molecule has 1 atom stereocenters. The summed E-state index contributed by atoms with van der Waals surface area (Å²) in [5.41, 5.74) is 0.929. The lowest BCUT2D eigenvalue weighted by atomic mass is 10.1. The molecule has 0 spiro atoms. The molecule has 1 aromatic heterocycles. The number of carbonyl (C=O) groups is 3. The molecule has 2 aromatic rings. The molecular formula is C22H26FN4O6+. The predicted octanol–water partition coefficient (Wildman–Crippen LogP) is 1.26. The smallest absolute Gasteiger partial charge is 0.414 e. The zero-order valence-corrected chi connectivity index (χ0v) is 18.2. The number of hydrogen-bond acceptors (Lipinski definition) is 7. The molecule has 176 valence electrons. The first-order chi connectivity index (χ1) is 15.9. The number of rotatable bonds is 7. The maximum Gasteiger partial charge on any atom is 0.414 e. The standard InChI is InChI=1S/C22H25FN4O6/c1-31-14-20(28)27(7-5-24-6-8-27)19-3-2-16(10-18(19)23)26-12-17(33-22(26)30)11-25-21(29)15-4-9-32-13-15/h2-4,9-10,13,17,24H,5-8,11-12,14H2,1H3/p+1/t17-/m0/s1. The van der Waals surface area contributed by atoms with Crippen LogP contribution in [0.4, 0.5) is 20.6 Å². The third-order valence-electron chi connectivity index (χ3n) is 5.94. The van der Waals surface area contributed by atoms with Crippen molar-refractivity contribution < 1.29 is 32.7 Å². The van der Waals surface area contributed by atoms with Gasteiger partial charge in [0.05, 0.1) is 30.6 Å². The molecule has 0 unspecified atom stereocenters. The lowest BCUT2D eigenvalue weighted by Crippen LogP contribution is -2.64. The summed E-state index contributed by atoms with van der Waals surface area (Å²) in [6.07, 6.45) is 1.48. The van der Waals surface area contributed by atoms with Crippen molar-refractivity contribution in [2.24, 2.45) is 0 Å². The molecule has 2 aliphatic rings. The Morgan fingerprint density at radius 3 is 2.76 bits per heavy atom. The molecular weight excluding hydrogens is 435 g/mol. The molecule has 0 aliphatic carbocycles. The minimum absolute atomic E-state index is 0.103. The van der Waals surface area contributed by atoms with Crippen molar-refractivity contribution in [2.45, 2.75) is 6.10 Å².